The van der Waals surface area contributed by atoms with Crippen molar-refractivity contribution in [2.75, 3.05) is 0 Å². The van der Waals surface area contributed by atoms with Crippen molar-refractivity contribution in [3.8, 4) is 101 Å². The molecule has 482 valence electrons. The van der Waals surface area contributed by atoms with Gasteiger partial charge in [0.1, 0.15) is 0 Å². The summed E-state index contributed by atoms with van der Waals surface area (Å²) in [4.78, 5) is 26.3. The molecule has 100 heavy (non-hydrogen) atoms. The topological polar surface area (TPSA) is 95.8 Å². The van der Waals surface area contributed by atoms with E-state index in [0.29, 0.717) is 17.5 Å². The predicted molar refractivity (Wildman–Crippen MR) is 416 cm³/mol. The maximum atomic E-state index is 6.55. The second-order valence-electron chi connectivity index (χ2n) is 25.7. The first-order chi connectivity index (χ1) is 48.7. The summed E-state index contributed by atoms with van der Waals surface area (Å²) in [5.74, 6) is 1.55. The quantitative estimate of drug-likeness (QED) is 0.125. The van der Waals surface area contributed by atoms with Crippen LogP contribution in [0.3, 0.4) is 0 Å². The maximum Gasteiger partial charge on any atom is 0.494 e. The molecule has 1 aliphatic heterocycles. The van der Waals surface area contributed by atoms with E-state index in [1.165, 1.54) is 54.9 Å². The third-order valence-electron chi connectivity index (χ3n) is 18.8. The normalized spacial score (nSPS) is 13.0. The number of fused-ring (bicyclic) bond motifs is 4. The number of halogens is 3. The van der Waals surface area contributed by atoms with Gasteiger partial charge in [0, 0.05) is 16.7 Å². The van der Waals surface area contributed by atoms with Gasteiger partial charge in [-0.15, -0.1) is 0 Å². The van der Waals surface area contributed by atoms with Gasteiger partial charge >= 0.3 is 7.12 Å². The molecular weight excluding hydrogens is 1290 g/mol. The Bertz CT molecular complexity index is 5650. The minimum absolute atomic E-state index is 0.0845. The Labute approximate surface area is 596 Å². The van der Waals surface area contributed by atoms with Gasteiger partial charge in [-0.3, -0.25) is 0 Å². The lowest BCUT2D eigenvalue weighted by atomic mass is 9.78. The molecule has 0 amide bonds. The first-order valence-electron chi connectivity index (χ1n) is 33.1. The monoisotopic (exact) mass is 1350 g/mol. The van der Waals surface area contributed by atoms with E-state index in [4.69, 9.17) is 49.1 Å². The highest BCUT2D eigenvalue weighted by atomic mass is 35.5. The lowest BCUT2D eigenvalue weighted by Gasteiger charge is -2.32. The fourth-order valence-corrected chi connectivity index (χ4v) is 13.5. The highest BCUT2D eigenvalue weighted by Gasteiger charge is 2.51. The smallest absolute Gasteiger partial charge is 0.399 e. The SMILES string of the molecule is CC1(C)OB(c2cccc(-c3ccc4cc(-c5ccccc5)ccc4c3)c2)OC1(C)C.Clc1nc(-c2cccc(-c3ccc4cc(-c5ccccc5)ccc4c3)c2)nc(-c2cccc3c(-c4ccccc4)cccc23)n1.Clc1nc(Cl)nc(-c2cccc3c(-c4ccccc4)cccc23)n1. The molecule has 0 radical (unpaired) electrons. The van der Waals surface area contributed by atoms with Gasteiger partial charge < -0.3 is 9.31 Å². The highest BCUT2D eigenvalue weighted by Crippen LogP contribution is 2.40. The number of aromatic nitrogens is 6. The van der Waals surface area contributed by atoms with Crippen LogP contribution in [0, 0.1) is 0 Å². The largest absolute Gasteiger partial charge is 0.494 e. The van der Waals surface area contributed by atoms with Crippen LogP contribution in [0.2, 0.25) is 15.9 Å². The van der Waals surface area contributed by atoms with Crippen molar-refractivity contribution in [1.82, 2.24) is 29.9 Å². The van der Waals surface area contributed by atoms with Gasteiger partial charge in [-0.1, -0.05) is 285 Å². The molecule has 0 aliphatic carbocycles. The first-order valence-corrected chi connectivity index (χ1v) is 34.3. The van der Waals surface area contributed by atoms with Crippen molar-refractivity contribution >= 4 is 90.5 Å². The van der Waals surface area contributed by atoms with Crippen molar-refractivity contribution < 1.29 is 9.31 Å². The van der Waals surface area contributed by atoms with Crippen LogP contribution >= 0.6 is 34.8 Å². The van der Waals surface area contributed by atoms with E-state index in [0.717, 1.165) is 77.1 Å². The molecule has 14 aromatic carbocycles. The Morgan fingerprint density at radius 2 is 0.540 bits per heavy atom. The summed E-state index contributed by atoms with van der Waals surface area (Å²) in [5, 5.41) is 9.56. The number of nitrogens with zero attached hydrogens (tertiary/aromatic N) is 6. The van der Waals surface area contributed by atoms with Crippen molar-refractivity contribution in [1.29, 1.82) is 0 Å². The molecular formula is C88H64BCl3N6O2. The minimum Gasteiger partial charge on any atom is -0.399 e. The maximum absolute atomic E-state index is 6.55. The fraction of sp³-hybridized carbons (Fsp3) is 0.0682. The van der Waals surface area contributed by atoms with E-state index >= 15 is 0 Å². The van der Waals surface area contributed by atoms with Crippen LogP contribution in [0.5, 0.6) is 0 Å². The number of benzene rings is 14. The zero-order valence-electron chi connectivity index (χ0n) is 55.2. The summed E-state index contributed by atoms with van der Waals surface area (Å²) in [6, 6.07) is 110. The Morgan fingerprint density at radius 1 is 0.240 bits per heavy atom. The predicted octanol–water partition coefficient (Wildman–Crippen LogP) is 23.3. The molecule has 17 rings (SSSR count). The van der Waals surface area contributed by atoms with E-state index in [1.54, 1.807) is 0 Å². The van der Waals surface area contributed by atoms with Crippen molar-refractivity contribution in [3.05, 3.63) is 331 Å². The molecule has 0 bridgehead atoms. The summed E-state index contributed by atoms with van der Waals surface area (Å²) < 4.78 is 12.5. The summed E-state index contributed by atoms with van der Waals surface area (Å²) in [6.07, 6.45) is 0. The summed E-state index contributed by atoms with van der Waals surface area (Å²) in [5.41, 5.74) is 17.1. The number of hydrogen-bond donors (Lipinski definition) is 0. The molecule has 3 heterocycles. The standard InChI is InChI=1S/C41H26ClN3.C28H27BO2.C19H11Cl2N3/c42-41-44-39(43-40(45-41)38-19-9-17-36-35(16-8-18-37(36)38)28-12-5-2-6-13-28)34-15-7-14-29(26-34)31-22-23-32-24-30(20-21-33(32)25-31)27-10-3-1-4-11-27;1-27(2)28(3,4)31-29(30-27)26-12-8-11-21(19-26)23-15-16-24-17-22(13-14-25(24)18-23)20-9-6-5-7-10-20;20-18-22-17(23-19(21)24-18)16-11-5-9-14-13(8-4-10-15(14)16)12-6-2-1-3-7-12/h1-26H;5-19H,1-4H3;1-11H. The molecule has 8 nitrogen and oxygen atoms in total. The molecule has 1 saturated heterocycles. The fourth-order valence-electron chi connectivity index (χ4n) is 12.9. The molecule has 0 saturated carbocycles. The summed E-state index contributed by atoms with van der Waals surface area (Å²) in [6.45, 7) is 8.35. The van der Waals surface area contributed by atoms with Crippen LogP contribution in [-0.4, -0.2) is 48.2 Å². The van der Waals surface area contributed by atoms with E-state index in [9.17, 15) is 0 Å². The van der Waals surface area contributed by atoms with Gasteiger partial charge in [0.2, 0.25) is 15.9 Å². The Morgan fingerprint density at radius 3 is 0.970 bits per heavy atom. The molecule has 0 atom stereocenters. The van der Waals surface area contributed by atoms with E-state index in [-0.39, 0.29) is 34.2 Å². The number of hydrogen-bond acceptors (Lipinski definition) is 8. The second-order valence-corrected chi connectivity index (χ2v) is 26.7. The summed E-state index contributed by atoms with van der Waals surface area (Å²) >= 11 is 18.4. The Kier molecular flexibility index (Phi) is 18.2. The van der Waals surface area contributed by atoms with Crippen LogP contribution in [-0.2, 0) is 9.31 Å². The van der Waals surface area contributed by atoms with Crippen molar-refractivity contribution in [2.45, 2.75) is 38.9 Å². The Hall–Kier alpha value is -11.0. The summed E-state index contributed by atoms with van der Waals surface area (Å²) in [7, 11) is -0.348. The third kappa shape index (κ3) is 13.8. The van der Waals surface area contributed by atoms with Crippen LogP contribution in [0.1, 0.15) is 27.7 Å². The lowest BCUT2D eigenvalue weighted by molar-refractivity contribution is 0.00578. The van der Waals surface area contributed by atoms with Gasteiger partial charge in [0.25, 0.3) is 0 Å². The Balaban J connectivity index is 0.000000129. The van der Waals surface area contributed by atoms with Gasteiger partial charge in [0.15, 0.2) is 17.5 Å². The molecule has 0 N–H and O–H groups in total. The van der Waals surface area contributed by atoms with Gasteiger partial charge in [0.05, 0.1) is 11.2 Å². The van der Waals surface area contributed by atoms with Gasteiger partial charge in [-0.25, -0.2) is 4.98 Å². The van der Waals surface area contributed by atoms with Crippen LogP contribution in [0.25, 0.3) is 144 Å². The average Bonchev–Trinajstić information content (AvgIpc) is 1.23. The van der Waals surface area contributed by atoms with Gasteiger partial charge in [-0.05, 0) is 208 Å². The molecule has 0 unspecified atom stereocenters. The highest BCUT2D eigenvalue weighted by molar-refractivity contribution is 6.62. The average molecular weight is 1350 g/mol. The van der Waals surface area contributed by atoms with E-state index < -0.39 is 0 Å². The first kappa shape index (κ1) is 65.0. The minimum atomic E-state index is -0.348. The second kappa shape index (κ2) is 28.1. The van der Waals surface area contributed by atoms with Crippen molar-refractivity contribution in [2.24, 2.45) is 0 Å². The molecule has 12 heteroatoms. The molecule has 2 aromatic heterocycles. The zero-order valence-corrected chi connectivity index (χ0v) is 57.5. The van der Waals surface area contributed by atoms with Gasteiger partial charge in [-0.2, -0.15) is 24.9 Å². The van der Waals surface area contributed by atoms with Crippen LogP contribution in [0.15, 0.2) is 315 Å². The van der Waals surface area contributed by atoms with E-state index in [2.05, 4.69) is 289 Å². The van der Waals surface area contributed by atoms with E-state index in [1.807, 2.05) is 78.9 Å². The molecule has 16 aromatic rings. The molecule has 1 aliphatic rings. The molecule has 0 spiro atoms. The van der Waals surface area contributed by atoms with Crippen LogP contribution < -0.4 is 5.46 Å². The lowest BCUT2D eigenvalue weighted by Crippen LogP contribution is -2.41. The molecule has 1 fully saturated rings. The third-order valence-corrected chi connectivity index (χ3v) is 19.3. The number of rotatable bonds is 10. The zero-order chi connectivity index (χ0) is 68.3. The van der Waals surface area contributed by atoms with Crippen LogP contribution in [0.4, 0.5) is 0 Å². The van der Waals surface area contributed by atoms with Crippen molar-refractivity contribution in [3.63, 3.8) is 0 Å².